The molecule has 1 heterocycles. The molecule has 136 valence electrons. The van der Waals surface area contributed by atoms with Crippen LogP contribution in [0.4, 0.5) is 11.4 Å². The van der Waals surface area contributed by atoms with Crippen LogP contribution in [-0.2, 0) is 9.59 Å². The summed E-state index contributed by atoms with van der Waals surface area (Å²) in [4.78, 5) is 26.6. The number of carbonyl (C=O) groups excluding carboxylic acids is 2. The molecule has 2 aromatic rings. The second-order valence-corrected chi connectivity index (χ2v) is 7.02. The summed E-state index contributed by atoms with van der Waals surface area (Å²) in [6.45, 7) is 2.19. The van der Waals surface area contributed by atoms with Gasteiger partial charge in [-0.3, -0.25) is 9.59 Å². The van der Waals surface area contributed by atoms with Gasteiger partial charge in [-0.2, -0.15) is 0 Å². The van der Waals surface area contributed by atoms with E-state index in [1.54, 1.807) is 29.2 Å². The zero-order valence-corrected chi connectivity index (χ0v) is 15.9. The van der Waals surface area contributed by atoms with Crippen molar-refractivity contribution < 1.29 is 14.3 Å². The van der Waals surface area contributed by atoms with Crippen molar-refractivity contribution in [3.8, 4) is 5.75 Å². The molecule has 0 aromatic heterocycles. The van der Waals surface area contributed by atoms with E-state index in [4.69, 9.17) is 27.9 Å². The lowest BCUT2D eigenvalue weighted by Crippen LogP contribution is -2.28. The molecule has 1 aliphatic rings. The van der Waals surface area contributed by atoms with Crippen LogP contribution in [0, 0.1) is 12.8 Å². The summed E-state index contributed by atoms with van der Waals surface area (Å²) in [5.74, 6) is -0.316. The number of halogens is 2. The van der Waals surface area contributed by atoms with Crippen LogP contribution >= 0.6 is 23.2 Å². The lowest BCUT2D eigenvalue weighted by atomic mass is 10.1. The molecule has 1 N–H and O–H groups in total. The van der Waals surface area contributed by atoms with E-state index in [1.165, 1.54) is 7.11 Å². The largest absolute Gasteiger partial charge is 0.495 e. The molecule has 0 bridgehead atoms. The first-order valence-electron chi connectivity index (χ1n) is 8.10. The van der Waals surface area contributed by atoms with Gasteiger partial charge in [0, 0.05) is 28.7 Å². The summed E-state index contributed by atoms with van der Waals surface area (Å²) < 4.78 is 5.23. The highest BCUT2D eigenvalue weighted by Gasteiger charge is 2.35. The van der Waals surface area contributed by atoms with Crippen molar-refractivity contribution in [3.63, 3.8) is 0 Å². The van der Waals surface area contributed by atoms with E-state index in [0.29, 0.717) is 33.7 Å². The van der Waals surface area contributed by atoms with Crippen LogP contribution < -0.4 is 15.0 Å². The molecular weight excluding hydrogens is 375 g/mol. The number of carbonyl (C=O) groups is 2. The third kappa shape index (κ3) is 3.79. The minimum atomic E-state index is -0.466. The molecule has 1 fully saturated rings. The highest BCUT2D eigenvalue weighted by atomic mass is 35.5. The maximum atomic E-state index is 12.6. The van der Waals surface area contributed by atoms with E-state index in [-0.39, 0.29) is 18.2 Å². The van der Waals surface area contributed by atoms with Crippen molar-refractivity contribution in [2.24, 2.45) is 5.92 Å². The first kappa shape index (κ1) is 18.5. The monoisotopic (exact) mass is 392 g/mol. The van der Waals surface area contributed by atoms with E-state index in [1.807, 2.05) is 19.1 Å². The summed E-state index contributed by atoms with van der Waals surface area (Å²) in [7, 11) is 1.51. The predicted molar refractivity (Wildman–Crippen MR) is 103 cm³/mol. The zero-order chi connectivity index (χ0) is 18.8. The minimum absolute atomic E-state index is 0.108. The Bertz CT molecular complexity index is 870. The van der Waals surface area contributed by atoms with Gasteiger partial charge in [-0.25, -0.2) is 0 Å². The number of aryl methyl sites for hydroxylation is 1. The summed E-state index contributed by atoms with van der Waals surface area (Å²) in [5, 5.41) is 3.88. The number of hydrogen-bond acceptors (Lipinski definition) is 3. The molecule has 0 unspecified atom stereocenters. The molecule has 3 rings (SSSR count). The maximum Gasteiger partial charge on any atom is 0.229 e. The molecule has 1 aliphatic heterocycles. The Kier molecular flexibility index (Phi) is 5.39. The number of anilines is 2. The lowest BCUT2D eigenvalue weighted by molar-refractivity contribution is -0.122. The van der Waals surface area contributed by atoms with Gasteiger partial charge in [0.05, 0.1) is 18.7 Å². The third-order valence-electron chi connectivity index (χ3n) is 4.38. The van der Waals surface area contributed by atoms with Gasteiger partial charge >= 0.3 is 0 Å². The van der Waals surface area contributed by atoms with Gasteiger partial charge in [0.25, 0.3) is 0 Å². The van der Waals surface area contributed by atoms with E-state index < -0.39 is 5.92 Å². The minimum Gasteiger partial charge on any atom is -0.495 e. The summed E-state index contributed by atoms with van der Waals surface area (Å²) in [6, 6.07) is 10.4. The Morgan fingerprint density at radius 3 is 2.69 bits per heavy atom. The Labute approximate surface area is 161 Å². The van der Waals surface area contributed by atoms with Crippen molar-refractivity contribution in [1.82, 2.24) is 0 Å². The molecule has 1 atom stereocenters. The topological polar surface area (TPSA) is 58.6 Å². The van der Waals surface area contributed by atoms with Crippen LogP contribution in [0.1, 0.15) is 12.0 Å². The van der Waals surface area contributed by atoms with Crippen molar-refractivity contribution in [1.29, 1.82) is 0 Å². The van der Waals surface area contributed by atoms with Crippen LogP contribution in [0.25, 0.3) is 0 Å². The Morgan fingerprint density at radius 2 is 2.00 bits per heavy atom. The molecule has 5 nitrogen and oxygen atoms in total. The molecule has 2 amide bonds. The smallest absolute Gasteiger partial charge is 0.229 e. The number of nitrogens with zero attached hydrogens (tertiary/aromatic N) is 1. The number of benzene rings is 2. The second kappa shape index (κ2) is 7.56. The Balaban J connectivity index is 1.75. The first-order chi connectivity index (χ1) is 12.4. The summed E-state index contributed by atoms with van der Waals surface area (Å²) in [5.41, 5.74) is 2.11. The van der Waals surface area contributed by atoms with Gasteiger partial charge < -0.3 is 15.0 Å². The highest BCUT2D eigenvalue weighted by molar-refractivity contribution is 6.31. The standard InChI is InChI=1S/C19H18Cl2N2O3/c1-11-3-5-14(9-15(11)21)23-10-12(7-18(23)24)19(25)22-16-8-13(20)4-6-17(16)26-2/h3-6,8-9,12H,7,10H2,1-2H3,(H,22,25)/t12-/m1/s1. The number of amides is 2. The predicted octanol–water partition coefficient (Wildman–Crippen LogP) is 4.30. The van der Waals surface area contributed by atoms with E-state index in [0.717, 1.165) is 5.56 Å². The zero-order valence-electron chi connectivity index (χ0n) is 14.4. The van der Waals surface area contributed by atoms with E-state index >= 15 is 0 Å². The maximum absolute atomic E-state index is 12.6. The van der Waals surface area contributed by atoms with E-state index in [9.17, 15) is 9.59 Å². The SMILES string of the molecule is COc1ccc(Cl)cc1NC(=O)[C@@H]1CC(=O)N(c2ccc(C)c(Cl)c2)C1. The Morgan fingerprint density at radius 1 is 1.23 bits per heavy atom. The highest BCUT2D eigenvalue weighted by Crippen LogP contribution is 2.31. The molecule has 26 heavy (non-hydrogen) atoms. The molecule has 7 heteroatoms. The van der Waals surface area contributed by atoms with Gasteiger partial charge in [-0.1, -0.05) is 29.3 Å². The second-order valence-electron chi connectivity index (χ2n) is 6.17. The fourth-order valence-corrected chi connectivity index (χ4v) is 3.24. The van der Waals surface area contributed by atoms with Crippen LogP contribution in [0.5, 0.6) is 5.75 Å². The fourth-order valence-electron chi connectivity index (χ4n) is 2.90. The molecule has 1 saturated heterocycles. The number of methoxy groups -OCH3 is 1. The average Bonchev–Trinajstić information content (AvgIpc) is 2.99. The lowest BCUT2D eigenvalue weighted by Gasteiger charge is -2.18. The molecule has 0 radical (unpaired) electrons. The first-order valence-corrected chi connectivity index (χ1v) is 8.85. The van der Waals surface area contributed by atoms with Gasteiger partial charge in [0.2, 0.25) is 11.8 Å². The Hall–Kier alpha value is -2.24. The van der Waals surface area contributed by atoms with E-state index in [2.05, 4.69) is 5.32 Å². The fraction of sp³-hybridized carbons (Fsp3) is 0.263. The summed E-state index contributed by atoms with van der Waals surface area (Å²) in [6.07, 6.45) is 0.139. The summed E-state index contributed by atoms with van der Waals surface area (Å²) >= 11 is 12.1. The van der Waals surface area contributed by atoms with Crippen LogP contribution in [0.2, 0.25) is 10.0 Å². The van der Waals surface area contributed by atoms with Crippen LogP contribution in [0.3, 0.4) is 0 Å². The number of rotatable bonds is 4. The number of ether oxygens (including phenoxy) is 1. The number of nitrogens with one attached hydrogen (secondary N) is 1. The molecule has 0 saturated carbocycles. The average molecular weight is 393 g/mol. The quantitative estimate of drug-likeness (QED) is 0.843. The van der Waals surface area contributed by atoms with Crippen molar-refractivity contribution >= 4 is 46.4 Å². The van der Waals surface area contributed by atoms with Gasteiger partial charge in [0.15, 0.2) is 0 Å². The molecular formula is C19H18Cl2N2O3. The molecule has 0 aliphatic carbocycles. The van der Waals surface area contributed by atoms with Crippen LogP contribution in [0.15, 0.2) is 36.4 Å². The van der Waals surface area contributed by atoms with Crippen molar-refractivity contribution in [3.05, 3.63) is 52.0 Å². The third-order valence-corrected chi connectivity index (χ3v) is 5.02. The van der Waals surface area contributed by atoms with Crippen LogP contribution in [-0.4, -0.2) is 25.5 Å². The van der Waals surface area contributed by atoms with Crippen molar-refractivity contribution in [2.45, 2.75) is 13.3 Å². The molecule has 2 aromatic carbocycles. The van der Waals surface area contributed by atoms with Gasteiger partial charge in [-0.05, 0) is 42.8 Å². The van der Waals surface area contributed by atoms with Gasteiger partial charge in [0.1, 0.15) is 5.75 Å². The van der Waals surface area contributed by atoms with Gasteiger partial charge in [-0.15, -0.1) is 0 Å². The normalized spacial score (nSPS) is 16.7. The number of hydrogen-bond donors (Lipinski definition) is 1. The molecule has 0 spiro atoms. The van der Waals surface area contributed by atoms with Crippen molar-refractivity contribution in [2.75, 3.05) is 23.9 Å².